The third-order valence-corrected chi connectivity index (χ3v) is 3.31. The van der Waals surface area contributed by atoms with Gasteiger partial charge < -0.3 is 5.11 Å². The highest BCUT2D eigenvalue weighted by molar-refractivity contribution is 7.71. The van der Waals surface area contributed by atoms with Gasteiger partial charge in [0, 0.05) is 5.54 Å². The second-order valence-corrected chi connectivity index (χ2v) is 4.75. The van der Waals surface area contributed by atoms with E-state index in [0.717, 1.165) is 0 Å². The Morgan fingerprint density at radius 3 is 2.79 bits per heavy atom. The molecule has 5 heteroatoms. The SMILES string of the molecule is CC(C)(C1CC1)n1c(CO)n[nH]c1=S. The van der Waals surface area contributed by atoms with Crippen LogP contribution in [0.1, 0.15) is 32.5 Å². The molecular weight excluding hydrogens is 198 g/mol. The molecule has 0 atom stereocenters. The smallest absolute Gasteiger partial charge is 0.195 e. The number of rotatable bonds is 3. The van der Waals surface area contributed by atoms with Gasteiger partial charge >= 0.3 is 0 Å². The van der Waals surface area contributed by atoms with Gasteiger partial charge in [-0.2, -0.15) is 5.10 Å². The predicted octanol–water partition coefficient (Wildman–Crippen LogP) is 1.58. The van der Waals surface area contributed by atoms with E-state index >= 15 is 0 Å². The normalized spacial score (nSPS) is 17.4. The van der Waals surface area contributed by atoms with Gasteiger partial charge in [-0.15, -0.1) is 0 Å². The Morgan fingerprint density at radius 1 is 1.64 bits per heavy atom. The Balaban J connectivity index is 2.47. The molecule has 0 amide bonds. The van der Waals surface area contributed by atoms with E-state index in [9.17, 15) is 0 Å². The van der Waals surface area contributed by atoms with Crippen LogP contribution in [0.3, 0.4) is 0 Å². The van der Waals surface area contributed by atoms with E-state index < -0.39 is 0 Å². The summed E-state index contributed by atoms with van der Waals surface area (Å²) >= 11 is 5.17. The first-order valence-electron chi connectivity index (χ1n) is 4.85. The molecule has 1 heterocycles. The molecular formula is C9H15N3OS. The average molecular weight is 213 g/mol. The summed E-state index contributed by atoms with van der Waals surface area (Å²) in [6.45, 7) is 4.23. The molecule has 0 aromatic carbocycles. The highest BCUT2D eigenvalue weighted by Gasteiger charge is 2.40. The molecule has 1 fully saturated rings. The lowest BCUT2D eigenvalue weighted by Crippen LogP contribution is -2.30. The van der Waals surface area contributed by atoms with Crippen LogP contribution in [0.15, 0.2) is 0 Å². The largest absolute Gasteiger partial charge is 0.388 e. The van der Waals surface area contributed by atoms with Gasteiger partial charge in [0.1, 0.15) is 6.61 Å². The molecule has 2 rings (SSSR count). The number of aromatic amines is 1. The van der Waals surface area contributed by atoms with Crippen LogP contribution in [-0.4, -0.2) is 19.9 Å². The molecule has 1 saturated carbocycles. The summed E-state index contributed by atoms with van der Waals surface area (Å²) in [5.41, 5.74) is -0.0256. The standard InChI is InChI=1S/C9H15N3OS/c1-9(2,6-3-4-6)12-7(5-13)10-11-8(12)14/h6,13H,3-5H2,1-2H3,(H,11,14). The lowest BCUT2D eigenvalue weighted by Gasteiger charge is -2.27. The maximum absolute atomic E-state index is 9.15. The number of aliphatic hydroxyl groups is 1. The van der Waals surface area contributed by atoms with Crippen LogP contribution in [0.25, 0.3) is 0 Å². The zero-order valence-corrected chi connectivity index (χ0v) is 9.27. The van der Waals surface area contributed by atoms with Crippen LogP contribution in [0.5, 0.6) is 0 Å². The first-order chi connectivity index (χ1) is 6.57. The van der Waals surface area contributed by atoms with Gasteiger partial charge in [0.05, 0.1) is 0 Å². The third kappa shape index (κ3) is 1.40. The van der Waals surface area contributed by atoms with Crippen molar-refractivity contribution >= 4 is 12.2 Å². The molecule has 1 aliphatic rings. The van der Waals surface area contributed by atoms with Crippen LogP contribution in [0.4, 0.5) is 0 Å². The van der Waals surface area contributed by atoms with Gasteiger partial charge in [0.2, 0.25) is 0 Å². The van der Waals surface area contributed by atoms with Crippen LogP contribution in [-0.2, 0) is 12.1 Å². The Labute approximate surface area is 88.0 Å². The van der Waals surface area contributed by atoms with Crippen molar-refractivity contribution in [2.75, 3.05) is 0 Å². The first kappa shape index (κ1) is 9.86. The molecule has 1 aromatic rings. The molecule has 0 bridgehead atoms. The molecule has 78 valence electrons. The van der Waals surface area contributed by atoms with Crippen LogP contribution in [0.2, 0.25) is 0 Å². The zero-order chi connectivity index (χ0) is 10.3. The highest BCUT2D eigenvalue weighted by atomic mass is 32.1. The lowest BCUT2D eigenvalue weighted by atomic mass is 9.98. The summed E-state index contributed by atoms with van der Waals surface area (Å²) in [6.07, 6.45) is 2.48. The predicted molar refractivity (Wildman–Crippen MR) is 55.4 cm³/mol. The molecule has 2 N–H and O–H groups in total. The van der Waals surface area contributed by atoms with Crippen LogP contribution >= 0.6 is 12.2 Å². The van der Waals surface area contributed by atoms with E-state index in [1.165, 1.54) is 12.8 Å². The molecule has 0 unspecified atom stereocenters. The number of aromatic nitrogens is 3. The van der Waals surface area contributed by atoms with Gasteiger partial charge in [0.25, 0.3) is 0 Å². The summed E-state index contributed by atoms with van der Waals surface area (Å²) < 4.78 is 2.55. The fourth-order valence-electron chi connectivity index (χ4n) is 2.00. The van der Waals surface area contributed by atoms with E-state index in [0.29, 0.717) is 16.5 Å². The summed E-state index contributed by atoms with van der Waals surface area (Å²) in [4.78, 5) is 0. The Bertz CT molecular complexity index is 389. The minimum atomic E-state index is -0.0662. The highest BCUT2D eigenvalue weighted by Crippen LogP contribution is 2.44. The maximum Gasteiger partial charge on any atom is 0.195 e. The Kier molecular flexibility index (Phi) is 2.23. The molecule has 1 aromatic heterocycles. The van der Waals surface area contributed by atoms with Crippen molar-refractivity contribution in [2.24, 2.45) is 5.92 Å². The quantitative estimate of drug-likeness (QED) is 0.749. The molecule has 0 saturated heterocycles. The number of nitrogens with one attached hydrogen (secondary N) is 1. The van der Waals surface area contributed by atoms with Crippen LogP contribution in [0, 0.1) is 10.7 Å². The second kappa shape index (κ2) is 3.17. The number of hydrogen-bond acceptors (Lipinski definition) is 3. The third-order valence-electron chi connectivity index (χ3n) is 3.04. The van der Waals surface area contributed by atoms with Crippen LogP contribution < -0.4 is 0 Å². The topological polar surface area (TPSA) is 53.8 Å². The monoisotopic (exact) mass is 213 g/mol. The minimum absolute atomic E-state index is 0.0256. The maximum atomic E-state index is 9.15. The van der Waals surface area contributed by atoms with E-state index in [1.54, 1.807) is 0 Å². The lowest BCUT2D eigenvalue weighted by molar-refractivity contribution is 0.230. The average Bonchev–Trinajstić information content (AvgIpc) is 2.90. The zero-order valence-electron chi connectivity index (χ0n) is 8.45. The van der Waals surface area contributed by atoms with Gasteiger partial charge in [-0.3, -0.25) is 9.67 Å². The molecule has 0 radical (unpaired) electrons. The molecule has 1 aliphatic carbocycles. The summed E-state index contributed by atoms with van der Waals surface area (Å²) in [5, 5.41) is 15.9. The fourth-order valence-corrected chi connectivity index (χ4v) is 2.39. The van der Waals surface area contributed by atoms with Crippen molar-refractivity contribution in [1.82, 2.24) is 14.8 Å². The Hall–Kier alpha value is -0.680. The van der Waals surface area contributed by atoms with Crippen molar-refractivity contribution in [3.63, 3.8) is 0 Å². The Morgan fingerprint density at radius 2 is 2.29 bits per heavy atom. The first-order valence-corrected chi connectivity index (χ1v) is 5.26. The minimum Gasteiger partial charge on any atom is -0.388 e. The summed E-state index contributed by atoms with van der Waals surface area (Å²) in [7, 11) is 0. The van der Waals surface area contributed by atoms with Crippen molar-refractivity contribution in [3.8, 4) is 0 Å². The van der Waals surface area contributed by atoms with E-state index in [4.69, 9.17) is 17.3 Å². The van der Waals surface area contributed by atoms with Crippen molar-refractivity contribution < 1.29 is 5.11 Å². The van der Waals surface area contributed by atoms with E-state index in [1.807, 2.05) is 4.57 Å². The van der Waals surface area contributed by atoms with Gasteiger partial charge in [-0.05, 0) is 44.8 Å². The summed E-state index contributed by atoms with van der Waals surface area (Å²) in [6, 6.07) is 0. The number of nitrogens with zero attached hydrogens (tertiary/aromatic N) is 2. The van der Waals surface area contributed by atoms with Gasteiger partial charge in [-0.1, -0.05) is 0 Å². The fraction of sp³-hybridized carbons (Fsp3) is 0.778. The second-order valence-electron chi connectivity index (χ2n) is 4.37. The van der Waals surface area contributed by atoms with E-state index in [2.05, 4.69) is 24.0 Å². The van der Waals surface area contributed by atoms with Crippen molar-refractivity contribution in [1.29, 1.82) is 0 Å². The summed E-state index contributed by atoms with van der Waals surface area (Å²) in [5.74, 6) is 1.30. The molecule has 0 aliphatic heterocycles. The van der Waals surface area contributed by atoms with Crippen molar-refractivity contribution in [2.45, 2.75) is 38.8 Å². The van der Waals surface area contributed by atoms with E-state index in [-0.39, 0.29) is 12.1 Å². The molecule has 4 nitrogen and oxygen atoms in total. The molecule has 0 spiro atoms. The number of H-pyrrole nitrogens is 1. The van der Waals surface area contributed by atoms with Gasteiger partial charge in [-0.25, -0.2) is 0 Å². The number of aliphatic hydroxyl groups excluding tert-OH is 1. The number of hydrogen-bond donors (Lipinski definition) is 2. The van der Waals surface area contributed by atoms with Crippen molar-refractivity contribution in [3.05, 3.63) is 10.6 Å². The van der Waals surface area contributed by atoms with Gasteiger partial charge in [0.15, 0.2) is 10.6 Å². The molecule has 14 heavy (non-hydrogen) atoms.